The van der Waals surface area contributed by atoms with Crippen LogP contribution in [-0.4, -0.2) is 0 Å². The first-order valence-electron chi connectivity index (χ1n) is 7.29. The van der Waals surface area contributed by atoms with Crippen molar-refractivity contribution >= 4 is 15.9 Å². The molecule has 1 saturated carbocycles. The zero-order chi connectivity index (χ0) is 13.8. The molecule has 2 aromatic rings. The van der Waals surface area contributed by atoms with Gasteiger partial charge in [-0.1, -0.05) is 59.1 Å². The highest BCUT2D eigenvalue weighted by Crippen LogP contribution is 2.40. The molecule has 1 nitrogen and oxygen atoms in total. The molecule has 0 unspecified atom stereocenters. The van der Waals surface area contributed by atoms with E-state index < -0.39 is 0 Å². The molecule has 20 heavy (non-hydrogen) atoms. The van der Waals surface area contributed by atoms with Gasteiger partial charge in [0.2, 0.25) is 0 Å². The largest absolute Gasteiger partial charge is 0.489 e. The van der Waals surface area contributed by atoms with Crippen molar-refractivity contribution < 1.29 is 4.74 Å². The SMILES string of the molecule is Brc1ccc(OCc2ccccc2)c(C2CCCC2)c1. The lowest BCUT2D eigenvalue weighted by Gasteiger charge is -2.16. The van der Waals surface area contributed by atoms with Crippen molar-refractivity contribution in [2.75, 3.05) is 0 Å². The van der Waals surface area contributed by atoms with Crippen molar-refractivity contribution in [2.45, 2.75) is 38.2 Å². The molecular weight excluding hydrogens is 312 g/mol. The number of ether oxygens (including phenoxy) is 1. The molecule has 2 aromatic carbocycles. The van der Waals surface area contributed by atoms with Gasteiger partial charge < -0.3 is 4.74 Å². The number of rotatable bonds is 4. The molecular formula is C18H19BrO. The lowest BCUT2D eigenvalue weighted by Crippen LogP contribution is -2.01. The number of hydrogen-bond donors (Lipinski definition) is 0. The quantitative estimate of drug-likeness (QED) is 0.700. The summed E-state index contributed by atoms with van der Waals surface area (Å²) in [4.78, 5) is 0. The molecule has 0 aromatic heterocycles. The van der Waals surface area contributed by atoms with E-state index in [0.717, 1.165) is 10.2 Å². The van der Waals surface area contributed by atoms with Crippen molar-refractivity contribution in [3.8, 4) is 5.75 Å². The van der Waals surface area contributed by atoms with Gasteiger partial charge >= 0.3 is 0 Å². The summed E-state index contributed by atoms with van der Waals surface area (Å²) in [6.45, 7) is 0.641. The topological polar surface area (TPSA) is 9.23 Å². The lowest BCUT2D eigenvalue weighted by atomic mass is 9.97. The predicted octanol–water partition coefficient (Wildman–Crippen LogP) is 5.69. The third-order valence-electron chi connectivity index (χ3n) is 4.00. The Morgan fingerprint density at radius 2 is 1.75 bits per heavy atom. The Labute approximate surface area is 129 Å². The molecule has 104 valence electrons. The average Bonchev–Trinajstić information content (AvgIpc) is 3.01. The molecule has 0 bridgehead atoms. The van der Waals surface area contributed by atoms with E-state index in [4.69, 9.17) is 4.74 Å². The molecule has 1 fully saturated rings. The fourth-order valence-corrected chi connectivity index (χ4v) is 3.32. The van der Waals surface area contributed by atoms with E-state index in [-0.39, 0.29) is 0 Å². The fourth-order valence-electron chi connectivity index (χ4n) is 2.94. The van der Waals surface area contributed by atoms with Crippen LogP contribution in [0, 0.1) is 0 Å². The molecule has 0 spiro atoms. The van der Waals surface area contributed by atoms with Crippen LogP contribution < -0.4 is 4.74 Å². The highest BCUT2D eigenvalue weighted by molar-refractivity contribution is 9.10. The molecule has 0 radical (unpaired) electrons. The molecule has 0 N–H and O–H groups in total. The molecule has 0 saturated heterocycles. The Hall–Kier alpha value is -1.28. The highest BCUT2D eigenvalue weighted by atomic mass is 79.9. The minimum Gasteiger partial charge on any atom is -0.489 e. The van der Waals surface area contributed by atoms with E-state index in [2.05, 4.69) is 58.4 Å². The van der Waals surface area contributed by atoms with Crippen LogP contribution >= 0.6 is 15.9 Å². The second-order valence-electron chi connectivity index (χ2n) is 5.44. The number of halogens is 1. The first kappa shape index (κ1) is 13.7. The highest BCUT2D eigenvalue weighted by Gasteiger charge is 2.21. The van der Waals surface area contributed by atoms with Crippen molar-refractivity contribution in [1.29, 1.82) is 0 Å². The van der Waals surface area contributed by atoms with Crippen molar-refractivity contribution in [1.82, 2.24) is 0 Å². The summed E-state index contributed by atoms with van der Waals surface area (Å²) < 4.78 is 7.21. The Morgan fingerprint density at radius 3 is 2.50 bits per heavy atom. The maximum atomic E-state index is 6.07. The summed E-state index contributed by atoms with van der Waals surface area (Å²) in [7, 11) is 0. The van der Waals surface area contributed by atoms with Crippen molar-refractivity contribution in [3.63, 3.8) is 0 Å². The summed E-state index contributed by atoms with van der Waals surface area (Å²) in [5, 5.41) is 0. The third kappa shape index (κ3) is 3.24. The summed E-state index contributed by atoms with van der Waals surface area (Å²) in [5.74, 6) is 1.71. The van der Waals surface area contributed by atoms with E-state index >= 15 is 0 Å². The van der Waals surface area contributed by atoms with Crippen molar-refractivity contribution in [2.24, 2.45) is 0 Å². The normalized spacial score (nSPS) is 15.4. The summed E-state index contributed by atoms with van der Waals surface area (Å²) in [6.07, 6.45) is 5.26. The van der Waals surface area contributed by atoms with Gasteiger partial charge in [-0.05, 0) is 48.1 Å². The summed E-state index contributed by atoms with van der Waals surface area (Å²) in [6, 6.07) is 16.8. The predicted molar refractivity (Wildman–Crippen MR) is 86.1 cm³/mol. The Balaban J connectivity index is 1.78. The maximum absolute atomic E-state index is 6.07. The summed E-state index contributed by atoms with van der Waals surface area (Å²) >= 11 is 3.58. The zero-order valence-electron chi connectivity index (χ0n) is 11.5. The molecule has 3 rings (SSSR count). The molecule has 0 heterocycles. The maximum Gasteiger partial charge on any atom is 0.123 e. The minimum absolute atomic E-state index is 0.641. The van der Waals surface area contributed by atoms with Crippen LogP contribution in [0.4, 0.5) is 0 Å². The van der Waals surface area contributed by atoms with Gasteiger partial charge in [-0.3, -0.25) is 0 Å². The van der Waals surface area contributed by atoms with Crippen LogP contribution in [-0.2, 0) is 6.61 Å². The Kier molecular flexibility index (Phi) is 4.41. The fraction of sp³-hybridized carbons (Fsp3) is 0.333. The van der Waals surface area contributed by atoms with Gasteiger partial charge in [0.1, 0.15) is 12.4 Å². The van der Waals surface area contributed by atoms with Gasteiger partial charge in [-0.15, -0.1) is 0 Å². The van der Waals surface area contributed by atoms with Gasteiger partial charge in [-0.2, -0.15) is 0 Å². The lowest BCUT2D eigenvalue weighted by molar-refractivity contribution is 0.301. The van der Waals surface area contributed by atoms with E-state index in [1.807, 2.05) is 6.07 Å². The van der Waals surface area contributed by atoms with Gasteiger partial charge in [0.25, 0.3) is 0 Å². The van der Waals surface area contributed by atoms with Gasteiger partial charge in [0, 0.05) is 4.47 Å². The number of hydrogen-bond acceptors (Lipinski definition) is 1. The first-order valence-corrected chi connectivity index (χ1v) is 8.08. The van der Waals surface area contributed by atoms with Crippen LogP contribution in [0.15, 0.2) is 53.0 Å². The van der Waals surface area contributed by atoms with Crippen LogP contribution in [0.3, 0.4) is 0 Å². The van der Waals surface area contributed by atoms with Crippen molar-refractivity contribution in [3.05, 3.63) is 64.1 Å². The van der Waals surface area contributed by atoms with Gasteiger partial charge in [-0.25, -0.2) is 0 Å². The van der Waals surface area contributed by atoms with E-state index in [9.17, 15) is 0 Å². The van der Waals surface area contributed by atoms with E-state index in [1.54, 1.807) is 0 Å². The standard InChI is InChI=1S/C18H19BrO/c19-16-10-11-18(17(12-16)15-8-4-5-9-15)20-13-14-6-2-1-3-7-14/h1-3,6-7,10-12,15H,4-5,8-9,13H2. The Morgan fingerprint density at radius 1 is 1.00 bits per heavy atom. The van der Waals surface area contributed by atoms with Crippen LogP contribution in [0.1, 0.15) is 42.7 Å². The van der Waals surface area contributed by atoms with E-state index in [1.165, 1.54) is 36.8 Å². The molecule has 0 atom stereocenters. The molecule has 1 aliphatic rings. The summed E-state index contributed by atoms with van der Waals surface area (Å²) in [5.41, 5.74) is 2.58. The smallest absolute Gasteiger partial charge is 0.123 e. The first-order chi connectivity index (χ1) is 9.83. The van der Waals surface area contributed by atoms with E-state index in [0.29, 0.717) is 12.5 Å². The third-order valence-corrected chi connectivity index (χ3v) is 4.50. The second-order valence-corrected chi connectivity index (χ2v) is 6.35. The van der Waals surface area contributed by atoms with Crippen LogP contribution in [0.25, 0.3) is 0 Å². The zero-order valence-corrected chi connectivity index (χ0v) is 13.1. The second kappa shape index (κ2) is 6.45. The number of benzene rings is 2. The Bertz CT molecular complexity index is 559. The monoisotopic (exact) mass is 330 g/mol. The van der Waals surface area contributed by atoms with Gasteiger partial charge in [0.05, 0.1) is 0 Å². The molecule has 1 aliphatic carbocycles. The molecule has 0 amide bonds. The van der Waals surface area contributed by atoms with Gasteiger partial charge in [0.15, 0.2) is 0 Å². The van der Waals surface area contributed by atoms with Crippen LogP contribution in [0.2, 0.25) is 0 Å². The molecule has 0 aliphatic heterocycles. The minimum atomic E-state index is 0.641. The average molecular weight is 331 g/mol. The molecule has 2 heteroatoms. The van der Waals surface area contributed by atoms with Crippen LogP contribution in [0.5, 0.6) is 5.75 Å².